The summed E-state index contributed by atoms with van der Waals surface area (Å²) in [6, 6.07) is 9.16. The van der Waals surface area contributed by atoms with Crippen molar-refractivity contribution in [2.75, 3.05) is 12.4 Å². The number of halogens is 1. The van der Waals surface area contributed by atoms with Gasteiger partial charge in [0.2, 0.25) is 0 Å². The maximum atomic E-state index is 14.1. The number of ether oxygens (including phenoxy) is 1. The topological polar surface area (TPSA) is 87.1 Å². The molecule has 0 unspecified atom stereocenters. The number of rotatable bonds is 5. The Hall–Kier alpha value is -2.70. The van der Waals surface area contributed by atoms with Crippen LogP contribution in [0.4, 0.5) is 21.5 Å². The standard InChI is InChI=1S/C18H19FN4O2S/c1-18(2,3)26-16-14(22-23-20)10-9-11(17(24)25-4)15(16)21-13-8-6-5-7-12(13)19/h5-10,21H,1-4H3. The van der Waals surface area contributed by atoms with Gasteiger partial charge in [0.05, 0.1) is 29.7 Å². The fraction of sp³-hybridized carbons (Fsp3) is 0.278. The van der Waals surface area contributed by atoms with E-state index in [0.717, 1.165) is 0 Å². The van der Waals surface area contributed by atoms with E-state index in [1.807, 2.05) is 20.8 Å². The van der Waals surface area contributed by atoms with Crippen LogP contribution >= 0.6 is 11.8 Å². The third-order valence-corrected chi connectivity index (χ3v) is 4.47. The molecule has 0 aliphatic rings. The van der Waals surface area contributed by atoms with Crippen molar-refractivity contribution in [1.82, 2.24) is 0 Å². The number of nitrogens with zero attached hydrogens (tertiary/aromatic N) is 3. The quantitative estimate of drug-likeness (QED) is 0.222. The average molecular weight is 374 g/mol. The van der Waals surface area contributed by atoms with Gasteiger partial charge in [-0.05, 0) is 23.7 Å². The summed E-state index contributed by atoms with van der Waals surface area (Å²) >= 11 is 1.40. The van der Waals surface area contributed by atoms with Crippen molar-refractivity contribution in [2.45, 2.75) is 30.4 Å². The normalized spacial score (nSPS) is 10.8. The Kier molecular flexibility index (Phi) is 6.13. The summed E-state index contributed by atoms with van der Waals surface area (Å²) in [5.41, 5.74) is 9.98. The van der Waals surface area contributed by atoms with E-state index in [9.17, 15) is 9.18 Å². The number of hydrogen-bond acceptors (Lipinski definition) is 5. The molecule has 0 aliphatic heterocycles. The highest BCUT2D eigenvalue weighted by Gasteiger charge is 2.24. The Labute approximate surface area is 155 Å². The predicted octanol–water partition coefficient (Wildman–Crippen LogP) is 6.19. The molecule has 0 bridgehead atoms. The van der Waals surface area contributed by atoms with Crippen LogP contribution in [0.5, 0.6) is 0 Å². The van der Waals surface area contributed by atoms with Gasteiger partial charge in [-0.25, -0.2) is 9.18 Å². The average Bonchev–Trinajstić information content (AvgIpc) is 2.58. The number of methoxy groups -OCH3 is 1. The van der Waals surface area contributed by atoms with Crippen LogP contribution in [-0.4, -0.2) is 17.8 Å². The summed E-state index contributed by atoms with van der Waals surface area (Å²) in [6.07, 6.45) is 0. The van der Waals surface area contributed by atoms with E-state index in [-0.39, 0.29) is 16.0 Å². The molecule has 0 aliphatic carbocycles. The van der Waals surface area contributed by atoms with Crippen molar-refractivity contribution in [1.29, 1.82) is 0 Å². The summed E-state index contributed by atoms with van der Waals surface area (Å²) in [7, 11) is 1.27. The maximum absolute atomic E-state index is 14.1. The zero-order valence-electron chi connectivity index (χ0n) is 14.9. The SMILES string of the molecule is COC(=O)c1ccc(N=[N+]=[N-])c(SC(C)(C)C)c1Nc1ccccc1F. The minimum absolute atomic E-state index is 0.200. The summed E-state index contributed by atoms with van der Waals surface area (Å²) in [6.45, 7) is 5.94. The summed E-state index contributed by atoms with van der Waals surface area (Å²) < 4.78 is 18.7. The molecule has 0 spiro atoms. The monoisotopic (exact) mass is 374 g/mol. The molecular weight excluding hydrogens is 355 g/mol. The number of hydrogen-bond donors (Lipinski definition) is 1. The Morgan fingerprint density at radius 3 is 2.54 bits per heavy atom. The molecule has 6 nitrogen and oxygen atoms in total. The van der Waals surface area contributed by atoms with Crippen LogP contribution in [-0.2, 0) is 4.74 Å². The van der Waals surface area contributed by atoms with Crippen LogP contribution in [0.25, 0.3) is 10.4 Å². The zero-order valence-corrected chi connectivity index (χ0v) is 15.7. The maximum Gasteiger partial charge on any atom is 0.340 e. The number of esters is 1. The van der Waals surface area contributed by atoms with Gasteiger partial charge in [0, 0.05) is 14.6 Å². The summed E-state index contributed by atoms with van der Waals surface area (Å²) in [5, 5.41) is 6.68. The van der Waals surface area contributed by atoms with Crippen molar-refractivity contribution in [2.24, 2.45) is 5.11 Å². The van der Waals surface area contributed by atoms with Gasteiger partial charge in [0.1, 0.15) is 5.82 Å². The van der Waals surface area contributed by atoms with Gasteiger partial charge in [-0.15, -0.1) is 11.8 Å². The van der Waals surface area contributed by atoms with Crippen molar-refractivity contribution in [3.63, 3.8) is 0 Å². The molecule has 0 atom stereocenters. The zero-order chi connectivity index (χ0) is 19.3. The lowest BCUT2D eigenvalue weighted by atomic mass is 10.1. The van der Waals surface area contributed by atoms with Crippen LogP contribution in [0.2, 0.25) is 0 Å². The molecule has 26 heavy (non-hydrogen) atoms. The molecule has 136 valence electrons. The Balaban J connectivity index is 2.73. The first-order valence-corrected chi connectivity index (χ1v) is 8.59. The third-order valence-electron chi connectivity index (χ3n) is 3.24. The van der Waals surface area contributed by atoms with Gasteiger partial charge in [0.25, 0.3) is 0 Å². The van der Waals surface area contributed by atoms with Gasteiger partial charge < -0.3 is 10.1 Å². The second kappa shape index (κ2) is 8.12. The molecule has 0 heterocycles. The van der Waals surface area contributed by atoms with Gasteiger partial charge in [-0.2, -0.15) is 0 Å². The van der Waals surface area contributed by atoms with Crippen molar-refractivity contribution < 1.29 is 13.9 Å². The largest absolute Gasteiger partial charge is 0.465 e. The number of azide groups is 1. The van der Waals surface area contributed by atoms with Crippen LogP contribution in [0, 0.1) is 5.82 Å². The lowest BCUT2D eigenvalue weighted by Gasteiger charge is -2.23. The fourth-order valence-corrected chi connectivity index (χ4v) is 3.30. The predicted molar refractivity (Wildman–Crippen MR) is 102 cm³/mol. The molecule has 2 aromatic rings. The fourth-order valence-electron chi connectivity index (χ4n) is 2.21. The molecule has 0 radical (unpaired) electrons. The molecule has 1 N–H and O–H groups in total. The van der Waals surface area contributed by atoms with E-state index in [4.69, 9.17) is 10.3 Å². The number of benzene rings is 2. The lowest BCUT2D eigenvalue weighted by molar-refractivity contribution is 0.0601. The van der Waals surface area contributed by atoms with E-state index < -0.39 is 11.8 Å². The number of para-hydroxylation sites is 1. The van der Waals surface area contributed by atoms with Crippen molar-refractivity contribution >= 4 is 34.8 Å². The first kappa shape index (κ1) is 19.6. The molecule has 2 rings (SSSR count). The molecule has 8 heteroatoms. The highest BCUT2D eigenvalue weighted by atomic mass is 32.2. The second-order valence-electron chi connectivity index (χ2n) is 6.34. The van der Waals surface area contributed by atoms with Crippen LogP contribution in [0.15, 0.2) is 46.4 Å². The van der Waals surface area contributed by atoms with Crippen molar-refractivity contribution in [3.05, 3.63) is 58.2 Å². The van der Waals surface area contributed by atoms with E-state index >= 15 is 0 Å². The smallest absolute Gasteiger partial charge is 0.340 e. The number of carbonyl (C=O) groups is 1. The molecular formula is C18H19FN4O2S. The second-order valence-corrected chi connectivity index (χ2v) is 8.17. The van der Waals surface area contributed by atoms with Crippen molar-refractivity contribution in [3.8, 4) is 0 Å². The van der Waals surface area contributed by atoms with Gasteiger partial charge in [-0.1, -0.05) is 44.1 Å². The Bertz CT molecular complexity index is 874. The molecule has 0 fully saturated rings. The third kappa shape index (κ3) is 4.68. The molecule has 2 aromatic carbocycles. The Morgan fingerprint density at radius 2 is 1.96 bits per heavy atom. The summed E-state index contributed by atoms with van der Waals surface area (Å²) in [5.74, 6) is -1.05. The first-order valence-electron chi connectivity index (χ1n) is 7.78. The minimum atomic E-state index is -0.577. The molecule has 0 saturated carbocycles. The van der Waals surface area contributed by atoms with E-state index in [2.05, 4.69) is 15.3 Å². The van der Waals surface area contributed by atoms with Crippen LogP contribution in [0.3, 0.4) is 0 Å². The molecule has 0 aromatic heterocycles. The van der Waals surface area contributed by atoms with Gasteiger partial charge in [-0.3, -0.25) is 0 Å². The van der Waals surface area contributed by atoms with E-state index in [0.29, 0.717) is 16.3 Å². The lowest BCUT2D eigenvalue weighted by Crippen LogP contribution is -2.11. The van der Waals surface area contributed by atoms with Crippen LogP contribution < -0.4 is 5.32 Å². The Morgan fingerprint density at radius 1 is 1.27 bits per heavy atom. The van der Waals surface area contributed by atoms with E-state index in [1.54, 1.807) is 24.3 Å². The number of carbonyl (C=O) groups excluding carboxylic acids is 1. The summed E-state index contributed by atoms with van der Waals surface area (Å²) in [4.78, 5) is 15.6. The highest BCUT2D eigenvalue weighted by Crippen LogP contribution is 2.45. The first-order chi connectivity index (χ1) is 12.3. The van der Waals surface area contributed by atoms with Crippen LogP contribution in [0.1, 0.15) is 31.1 Å². The number of anilines is 2. The van der Waals surface area contributed by atoms with Gasteiger partial charge in [0.15, 0.2) is 0 Å². The highest BCUT2D eigenvalue weighted by molar-refractivity contribution is 8.00. The van der Waals surface area contributed by atoms with Gasteiger partial charge >= 0.3 is 5.97 Å². The number of nitrogens with one attached hydrogen (secondary N) is 1. The molecule has 0 amide bonds. The minimum Gasteiger partial charge on any atom is -0.465 e. The number of thioether (sulfide) groups is 1. The molecule has 0 saturated heterocycles. The van der Waals surface area contributed by atoms with E-state index in [1.165, 1.54) is 31.0 Å².